The number of halogens is 2. The first-order valence-corrected chi connectivity index (χ1v) is 9.77. The summed E-state index contributed by atoms with van der Waals surface area (Å²) in [6, 6.07) is 7.54. The number of aromatic nitrogens is 4. The Balaban J connectivity index is 1.75. The van der Waals surface area contributed by atoms with Crippen LogP contribution in [0.3, 0.4) is 0 Å². The quantitative estimate of drug-likeness (QED) is 0.579. The van der Waals surface area contributed by atoms with Crippen LogP contribution in [0, 0.1) is 5.92 Å². The van der Waals surface area contributed by atoms with Crippen molar-refractivity contribution in [2.45, 2.75) is 31.4 Å². The number of fused-ring (bicyclic) bond motifs is 1. The zero-order valence-corrected chi connectivity index (χ0v) is 16.9. The van der Waals surface area contributed by atoms with E-state index in [-0.39, 0.29) is 5.92 Å². The second kappa shape index (κ2) is 6.61. The van der Waals surface area contributed by atoms with Gasteiger partial charge >= 0.3 is 5.69 Å². The number of imidazole rings is 1. The predicted molar refractivity (Wildman–Crippen MR) is 106 cm³/mol. The molecule has 3 aromatic rings. The molecule has 7 nitrogen and oxygen atoms in total. The van der Waals surface area contributed by atoms with E-state index in [9.17, 15) is 14.7 Å². The summed E-state index contributed by atoms with van der Waals surface area (Å²) < 4.78 is 3.48. The lowest BCUT2D eigenvalue weighted by atomic mass is 9.92. The first-order chi connectivity index (χ1) is 12.8. The average Bonchev–Trinajstić information content (AvgIpc) is 3.28. The van der Waals surface area contributed by atoms with Gasteiger partial charge in [-0.3, -0.25) is 14.3 Å². The maximum Gasteiger partial charge on any atom is 0.329 e. The Labute approximate surface area is 167 Å². The van der Waals surface area contributed by atoms with E-state index < -0.39 is 16.9 Å². The van der Waals surface area contributed by atoms with Crippen LogP contribution in [0.2, 0.25) is 5.02 Å². The zero-order chi connectivity index (χ0) is 19.3. The van der Waals surface area contributed by atoms with Crippen LogP contribution in [0.5, 0.6) is 0 Å². The summed E-state index contributed by atoms with van der Waals surface area (Å²) >= 11 is 9.36. The van der Waals surface area contributed by atoms with E-state index in [1.54, 1.807) is 11.6 Å². The monoisotopic (exact) mass is 452 g/mol. The number of aryl methyl sites for hydroxylation is 1. The Hall–Kier alpha value is -1.90. The summed E-state index contributed by atoms with van der Waals surface area (Å²) in [5.74, 6) is -0.107. The molecule has 2 aromatic heterocycles. The van der Waals surface area contributed by atoms with Crippen LogP contribution in [-0.4, -0.2) is 29.8 Å². The molecule has 4 rings (SSSR count). The third-order valence-corrected chi connectivity index (χ3v) is 6.14. The van der Waals surface area contributed by atoms with E-state index in [1.165, 1.54) is 4.57 Å². The molecule has 1 aromatic carbocycles. The summed E-state index contributed by atoms with van der Waals surface area (Å²) in [6.45, 7) is 0.400. The van der Waals surface area contributed by atoms with E-state index in [0.717, 1.165) is 18.4 Å². The van der Waals surface area contributed by atoms with Crippen molar-refractivity contribution in [3.8, 4) is 0 Å². The number of H-pyrrole nitrogens is 1. The summed E-state index contributed by atoms with van der Waals surface area (Å²) in [5, 5.41) is 11.5. The maximum absolute atomic E-state index is 12.4. The number of aromatic amines is 1. The van der Waals surface area contributed by atoms with E-state index in [1.807, 2.05) is 24.3 Å². The number of benzene rings is 1. The molecule has 2 heterocycles. The molecule has 1 fully saturated rings. The minimum Gasteiger partial charge on any atom is -0.390 e. The van der Waals surface area contributed by atoms with Gasteiger partial charge in [0.2, 0.25) is 0 Å². The summed E-state index contributed by atoms with van der Waals surface area (Å²) in [4.78, 5) is 30.9. The Morgan fingerprint density at radius 1 is 1.33 bits per heavy atom. The Morgan fingerprint density at radius 2 is 2.00 bits per heavy atom. The third-order valence-electron chi connectivity index (χ3n) is 5.28. The molecule has 0 radical (unpaired) electrons. The van der Waals surface area contributed by atoms with E-state index >= 15 is 0 Å². The molecule has 0 amide bonds. The van der Waals surface area contributed by atoms with E-state index in [0.29, 0.717) is 33.9 Å². The van der Waals surface area contributed by atoms with Gasteiger partial charge in [0.15, 0.2) is 15.9 Å². The largest absolute Gasteiger partial charge is 0.390 e. The van der Waals surface area contributed by atoms with Crippen molar-refractivity contribution < 1.29 is 5.11 Å². The molecule has 9 heteroatoms. The highest BCUT2D eigenvalue weighted by molar-refractivity contribution is 9.10. The molecule has 1 unspecified atom stereocenters. The van der Waals surface area contributed by atoms with Crippen molar-refractivity contribution >= 4 is 38.7 Å². The molecule has 1 saturated carbocycles. The smallest absolute Gasteiger partial charge is 0.329 e. The fourth-order valence-corrected chi connectivity index (χ4v) is 4.08. The first kappa shape index (κ1) is 18.5. The fourth-order valence-electron chi connectivity index (χ4n) is 3.46. The Morgan fingerprint density at radius 3 is 2.63 bits per heavy atom. The summed E-state index contributed by atoms with van der Waals surface area (Å²) in [7, 11) is 1.56. The lowest BCUT2D eigenvalue weighted by Crippen LogP contribution is -2.32. The second-order valence-corrected chi connectivity index (χ2v) is 8.26. The highest BCUT2D eigenvalue weighted by Gasteiger charge is 2.47. The van der Waals surface area contributed by atoms with Gasteiger partial charge in [0.05, 0.1) is 5.60 Å². The standard InChI is InChI=1S/C18H18BrClN4O3/c1-23-14-13(15(25)22-17(23)26)24(16(19)21-14)9-11(18(27)6-7-18)8-10-2-4-12(20)5-3-10/h2-5,11,27H,6-9H2,1H3,(H,22,25,26). The Kier molecular flexibility index (Phi) is 4.52. The number of hydrogen-bond donors (Lipinski definition) is 2. The lowest BCUT2D eigenvalue weighted by Gasteiger charge is -2.24. The fraction of sp³-hybridized carbons (Fsp3) is 0.389. The minimum atomic E-state index is -0.761. The van der Waals surface area contributed by atoms with Crippen LogP contribution < -0.4 is 11.2 Å². The van der Waals surface area contributed by atoms with Crippen LogP contribution in [0.4, 0.5) is 0 Å². The van der Waals surface area contributed by atoms with Crippen molar-refractivity contribution in [2.75, 3.05) is 0 Å². The van der Waals surface area contributed by atoms with Crippen molar-refractivity contribution in [2.24, 2.45) is 13.0 Å². The zero-order valence-electron chi connectivity index (χ0n) is 14.6. The van der Waals surface area contributed by atoms with Gasteiger partial charge in [-0.05, 0) is 52.9 Å². The van der Waals surface area contributed by atoms with E-state index in [2.05, 4.69) is 25.9 Å². The number of nitrogens with zero attached hydrogens (tertiary/aromatic N) is 3. The number of rotatable bonds is 5. The van der Waals surface area contributed by atoms with Gasteiger partial charge in [-0.25, -0.2) is 9.78 Å². The van der Waals surface area contributed by atoms with Crippen LogP contribution in [0.1, 0.15) is 18.4 Å². The average molecular weight is 454 g/mol. The maximum atomic E-state index is 12.4. The molecule has 0 bridgehead atoms. The third kappa shape index (κ3) is 3.37. The molecule has 27 heavy (non-hydrogen) atoms. The predicted octanol–water partition coefficient (Wildman–Crippen LogP) is 2.22. The molecule has 0 aliphatic heterocycles. The van der Waals surface area contributed by atoms with Gasteiger partial charge in [-0.2, -0.15) is 0 Å². The number of hydrogen-bond acceptors (Lipinski definition) is 4. The minimum absolute atomic E-state index is 0.107. The van der Waals surface area contributed by atoms with Crippen LogP contribution >= 0.6 is 27.5 Å². The summed E-state index contributed by atoms with van der Waals surface area (Å²) in [6.07, 6.45) is 2.10. The van der Waals surface area contributed by atoms with Crippen molar-refractivity contribution in [1.29, 1.82) is 0 Å². The SMILES string of the molecule is Cn1c(=O)[nH]c(=O)c2c1nc(Br)n2CC(Cc1ccc(Cl)cc1)C1(O)CC1. The second-order valence-electron chi connectivity index (χ2n) is 7.11. The molecule has 0 saturated heterocycles. The molecular weight excluding hydrogens is 436 g/mol. The van der Waals surface area contributed by atoms with Gasteiger partial charge in [0.1, 0.15) is 0 Å². The van der Waals surface area contributed by atoms with Crippen molar-refractivity contribution in [3.05, 3.63) is 60.4 Å². The van der Waals surface area contributed by atoms with Crippen LogP contribution in [-0.2, 0) is 20.0 Å². The molecule has 1 aliphatic carbocycles. The highest BCUT2D eigenvalue weighted by Crippen LogP contribution is 2.44. The Bertz CT molecular complexity index is 1130. The van der Waals surface area contributed by atoms with Crippen LogP contribution in [0.25, 0.3) is 11.2 Å². The van der Waals surface area contributed by atoms with Crippen molar-refractivity contribution in [1.82, 2.24) is 19.1 Å². The molecular formula is C18H18BrClN4O3. The number of nitrogens with one attached hydrogen (secondary N) is 1. The summed E-state index contributed by atoms with van der Waals surface area (Å²) in [5.41, 5.74) is -0.0737. The van der Waals surface area contributed by atoms with Gasteiger partial charge in [0.25, 0.3) is 5.56 Å². The van der Waals surface area contributed by atoms with Gasteiger partial charge in [0, 0.05) is 24.5 Å². The first-order valence-electron chi connectivity index (χ1n) is 8.60. The van der Waals surface area contributed by atoms with Crippen LogP contribution in [0.15, 0.2) is 38.6 Å². The molecule has 1 aliphatic rings. The van der Waals surface area contributed by atoms with Gasteiger partial charge < -0.3 is 9.67 Å². The van der Waals surface area contributed by atoms with Crippen molar-refractivity contribution in [3.63, 3.8) is 0 Å². The number of aliphatic hydroxyl groups is 1. The topological polar surface area (TPSA) is 92.9 Å². The highest BCUT2D eigenvalue weighted by atomic mass is 79.9. The van der Waals surface area contributed by atoms with Gasteiger partial charge in [-0.1, -0.05) is 23.7 Å². The molecule has 2 N–H and O–H groups in total. The molecule has 142 valence electrons. The molecule has 0 spiro atoms. The molecule has 1 atom stereocenters. The van der Waals surface area contributed by atoms with Gasteiger partial charge in [-0.15, -0.1) is 0 Å². The van der Waals surface area contributed by atoms with E-state index in [4.69, 9.17) is 11.6 Å². The normalized spacial score (nSPS) is 16.6. The lowest BCUT2D eigenvalue weighted by molar-refractivity contribution is 0.0723.